The maximum absolute atomic E-state index is 11.0. The third kappa shape index (κ3) is 10.2. The van der Waals surface area contributed by atoms with Crippen LogP contribution >= 0.6 is 0 Å². The van der Waals surface area contributed by atoms with Crippen molar-refractivity contribution >= 4 is 10.1 Å². The lowest BCUT2D eigenvalue weighted by atomic mass is 10.1. The van der Waals surface area contributed by atoms with E-state index in [2.05, 4.69) is 6.92 Å². The first-order chi connectivity index (χ1) is 6.99. The first-order valence-corrected chi connectivity index (χ1v) is 7.69. The summed E-state index contributed by atoms with van der Waals surface area (Å²) >= 11 is 0. The molecular formula is C11H24O3S. The van der Waals surface area contributed by atoms with E-state index in [1.165, 1.54) is 19.3 Å². The molecule has 3 nitrogen and oxygen atoms in total. The average Bonchev–Trinajstić information content (AvgIpc) is 2.10. The molecule has 0 bridgehead atoms. The van der Waals surface area contributed by atoms with E-state index < -0.39 is 10.1 Å². The van der Waals surface area contributed by atoms with Gasteiger partial charge in [-0.15, -0.1) is 0 Å². The molecule has 0 aliphatic carbocycles. The lowest BCUT2D eigenvalue weighted by Gasteiger charge is -2.14. The van der Waals surface area contributed by atoms with Crippen molar-refractivity contribution in [2.24, 2.45) is 0 Å². The molecule has 0 saturated carbocycles. The van der Waals surface area contributed by atoms with E-state index >= 15 is 0 Å². The van der Waals surface area contributed by atoms with Crippen molar-refractivity contribution < 1.29 is 12.6 Å². The Balaban J connectivity index is 3.83. The second-order valence-corrected chi connectivity index (χ2v) is 5.66. The molecule has 0 aromatic heterocycles. The second-order valence-electron chi connectivity index (χ2n) is 4.06. The summed E-state index contributed by atoms with van der Waals surface area (Å²) in [5, 5.41) is 0. The Bertz CT molecular complexity index is 234. The van der Waals surface area contributed by atoms with Gasteiger partial charge in [-0.3, -0.25) is 4.18 Å². The van der Waals surface area contributed by atoms with Gasteiger partial charge in [0.25, 0.3) is 10.1 Å². The van der Waals surface area contributed by atoms with Gasteiger partial charge in [0.15, 0.2) is 0 Å². The number of unbranched alkanes of at least 4 members (excludes halogenated alkanes) is 3. The van der Waals surface area contributed by atoms with Crippen LogP contribution in [0.15, 0.2) is 0 Å². The standard InChI is InChI=1S/C11H24O3S/c1-4-6-7-8-10-11(9-5-2)14-15(3,12)13/h11H,4-10H2,1-3H3. The summed E-state index contributed by atoms with van der Waals surface area (Å²) in [6.45, 7) is 4.21. The molecule has 0 N–H and O–H groups in total. The third-order valence-corrected chi connectivity index (χ3v) is 2.92. The number of hydrogen-bond acceptors (Lipinski definition) is 3. The fourth-order valence-electron chi connectivity index (χ4n) is 1.61. The van der Waals surface area contributed by atoms with Crippen LogP contribution in [-0.4, -0.2) is 20.8 Å². The van der Waals surface area contributed by atoms with Gasteiger partial charge in [-0.05, 0) is 12.8 Å². The van der Waals surface area contributed by atoms with Crippen molar-refractivity contribution in [1.82, 2.24) is 0 Å². The highest BCUT2D eigenvalue weighted by Gasteiger charge is 2.13. The maximum Gasteiger partial charge on any atom is 0.264 e. The SMILES string of the molecule is CCCCCCC(CCC)OS(C)(=O)=O. The van der Waals surface area contributed by atoms with Crippen molar-refractivity contribution in [3.8, 4) is 0 Å². The largest absolute Gasteiger partial charge is 0.267 e. The van der Waals surface area contributed by atoms with Crippen molar-refractivity contribution in [3.05, 3.63) is 0 Å². The van der Waals surface area contributed by atoms with E-state index in [9.17, 15) is 8.42 Å². The van der Waals surface area contributed by atoms with E-state index in [0.29, 0.717) is 0 Å². The van der Waals surface area contributed by atoms with Crippen LogP contribution in [0.2, 0.25) is 0 Å². The van der Waals surface area contributed by atoms with Gasteiger partial charge >= 0.3 is 0 Å². The van der Waals surface area contributed by atoms with E-state index in [-0.39, 0.29) is 6.10 Å². The van der Waals surface area contributed by atoms with E-state index in [1.54, 1.807) is 0 Å². The van der Waals surface area contributed by atoms with Crippen LogP contribution < -0.4 is 0 Å². The molecule has 0 aromatic carbocycles. The molecule has 0 amide bonds. The molecule has 0 aliphatic rings. The molecule has 0 spiro atoms. The fourth-order valence-corrected chi connectivity index (χ4v) is 2.30. The molecule has 0 heterocycles. The Hall–Kier alpha value is -0.0900. The minimum Gasteiger partial charge on any atom is -0.267 e. The third-order valence-electron chi connectivity index (χ3n) is 2.30. The molecule has 0 saturated heterocycles. The quantitative estimate of drug-likeness (QED) is 0.456. The highest BCUT2D eigenvalue weighted by molar-refractivity contribution is 7.86. The minimum atomic E-state index is -3.29. The Morgan fingerprint density at radius 1 is 1.00 bits per heavy atom. The number of rotatable bonds is 9. The Morgan fingerprint density at radius 2 is 1.67 bits per heavy atom. The van der Waals surface area contributed by atoms with Crippen LogP contribution in [0.4, 0.5) is 0 Å². The topological polar surface area (TPSA) is 43.4 Å². The summed E-state index contributed by atoms with van der Waals surface area (Å²) in [4.78, 5) is 0. The van der Waals surface area contributed by atoms with Gasteiger partial charge < -0.3 is 0 Å². The Kier molecular flexibility index (Phi) is 8.06. The Labute approximate surface area is 94.3 Å². The first-order valence-electron chi connectivity index (χ1n) is 5.87. The van der Waals surface area contributed by atoms with E-state index in [1.807, 2.05) is 6.92 Å². The summed E-state index contributed by atoms with van der Waals surface area (Å²) in [6.07, 6.45) is 8.33. The van der Waals surface area contributed by atoms with Gasteiger partial charge in [-0.2, -0.15) is 8.42 Å². The first kappa shape index (κ1) is 14.9. The molecule has 92 valence electrons. The summed E-state index contributed by atoms with van der Waals surface area (Å²) in [6, 6.07) is 0. The average molecular weight is 236 g/mol. The molecule has 15 heavy (non-hydrogen) atoms. The van der Waals surface area contributed by atoms with Crippen LogP contribution in [0.5, 0.6) is 0 Å². The predicted octanol–water partition coefficient (Wildman–Crippen LogP) is 3.10. The zero-order valence-corrected chi connectivity index (χ0v) is 11.0. The smallest absolute Gasteiger partial charge is 0.264 e. The molecule has 4 heteroatoms. The van der Waals surface area contributed by atoms with Crippen LogP contribution in [-0.2, 0) is 14.3 Å². The molecule has 1 unspecified atom stereocenters. The van der Waals surface area contributed by atoms with Crippen LogP contribution in [0.1, 0.15) is 58.8 Å². The number of hydrogen-bond donors (Lipinski definition) is 0. The molecule has 0 fully saturated rings. The lowest BCUT2D eigenvalue weighted by molar-refractivity contribution is 0.185. The van der Waals surface area contributed by atoms with Crippen molar-refractivity contribution in [3.63, 3.8) is 0 Å². The van der Waals surface area contributed by atoms with Gasteiger partial charge in [-0.1, -0.05) is 46.0 Å². The molecule has 1 atom stereocenters. The zero-order chi connectivity index (χ0) is 11.7. The second kappa shape index (κ2) is 8.11. The van der Waals surface area contributed by atoms with E-state index in [4.69, 9.17) is 4.18 Å². The molecule has 0 aromatic rings. The zero-order valence-electron chi connectivity index (χ0n) is 10.2. The highest BCUT2D eigenvalue weighted by atomic mass is 32.2. The molecule has 0 radical (unpaired) electrons. The normalized spacial score (nSPS) is 14.1. The molecule has 0 rings (SSSR count). The van der Waals surface area contributed by atoms with Gasteiger partial charge in [0.05, 0.1) is 12.4 Å². The van der Waals surface area contributed by atoms with Gasteiger partial charge in [0.1, 0.15) is 0 Å². The van der Waals surface area contributed by atoms with Gasteiger partial charge in [0.2, 0.25) is 0 Å². The molecule has 0 aliphatic heterocycles. The summed E-state index contributed by atoms with van der Waals surface area (Å²) in [5.41, 5.74) is 0. The summed E-state index contributed by atoms with van der Waals surface area (Å²) in [5.74, 6) is 0. The lowest BCUT2D eigenvalue weighted by Crippen LogP contribution is -2.17. The summed E-state index contributed by atoms with van der Waals surface area (Å²) < 4.78 is 27.0. The maximum atomic E-state index is 11.0. The minimum absolute atomic E-state index is 0.109. The fraction of sp³-hybridized carbons (Fsp3) is 1.00. The van der Waals surface area contributed by atoms with Crippen LogP contribution in [0, 0.1) is 0 Å². The van der Waals surface area contributed by atoms with Crippen LogP contribution in [0.3, 0.4) is 0 Å². The van der Waals surface area contributed by atoms with Crippen LogP contribution in [0.25, 0.3) is 0 Å². The van der Waals surface area contributed by atoms with Crippen molar-refractivity contribution in [2.75, 3.05) is 6.26 Å². The predicted molar refractivity (Wildman–Crippen MR) is 63.4 cm³/mol. The van der Waals surface area contributed by atoms with Gasteiger partial charge in [0, 0.05) is 0 Å². The van der Waals surface area contributed by atoms with Crippen molar-refractivity contribution in [1.29, 1.82) is 0 Å². The van der Waals surface area contributed by atoms with Crippen molar-refractivity contribution in [2.45, 2.75) is 64.9 Å². The van der Waals surface area contributed by atoms with Gasteiger partial charge in [-0.25, -0.2) is 0 Å². The molecular weight excluding hydrogens is 212 g/mol. The highest BCUT2D eigenvalue weighted by Crippen LogP contribution is 2.14. The monoisotopic (exact) mass is 236 g/mol. The Morgan fingerprint density at radius 3 is 2.13 bits per heavy atom. The van der Waals surface area contributed by atoms with E-state index in [0.717, 1.165) is 31.9 Å². The summed E-state index contributed by atoms with van der Waals surface area (Å²) in [7, 11) is -3.29.